The molecule has 2 N–H and O–H groups in total. The summed E-state index contributed by atoms with van der Waals surface area (Å²) in [5.41, 5.74) is 6.33. The molecule has 0 bridgehead atoms. The van der Waals surface area contributed by atoms with Crippen molar-refractivity contribution in [2.75, 3.05) is 29.9 Å². The van der Waals surface area contributed by atoms with E-state index in [9.17, 15) is 13.2 Å². The van der Waals surface area contributed by atoms with Gasteiger partial charge in [-0.25, -0.2) is 8.42 Å². The minimum Gasteiger partial charge on any atom is -0.468 e. The molecule has 0 spiro atoms. The van der Waals surface area contributed by atoms with Crippen molar-refractivity contribution in [3.05, 3.63) is 22.7 Å². The summed E-state index contributed by atoms with van der Waals surface area (Å²) in [7, 11) is -1.33. The summed E-state index contributed by atoms with van der Waals surface area (Å²) in [6.45, 7) is 0. The third-order valence-electron chi connectivity index (χ3n) is 2.27. The van der Waals surface area contributed by atoms with E-state index in [1.165, 1.54) is 7.05 Å². The van der Waals surface area contributed by atoms with Crippen LogP contribution >= 0.6 is 15.9 Å². The first-order valence-electron chi connectivity index (χ1n) is 4.86. The Morgan fingerprint density at radius 1 is 1.50 bits per heavy atom. The average Bonchev–Trinajstić information content (AvgIpc) is 2.27. The van der Waals surface area contributed by atoms with E-state index in [4.69, 9.17) is 5.73 Å². The molecule has 8 heteroatoms. The van der Waals surface area contributed by atoms with Crippen molar-refractivity contribution in [1.29, 1.82) is 0 Å². The van der Waals surface area contributed by atoms with E-state index in [0.29, 0.717) is 11.4 Å². The zero-order valence-electron chi connectivity index (χ0n) is 9.88. The van der Waals surface area contributed by atoms with E-state index >= 15 is 0 Å². The number of carbonyl (C=O) groups excluding carboxylic acids is 1. The van der Waals surface area contributed by atoms with Gasteiger partial charge in [0, 0.05) is 11.5 Å². The fraction of sp³-hybridized carbons (Fsp3) is 0.300. The van der Waals surface area contributed by atoms with Crippen molar-refractivity contribution in [2.24, 2.45) is 0 Å². The Morgan fingerprint density at radius 3 is 2.61 bits per heavy atom. The Kier molecular flexibility index (Phi) is 4.58. The third kappa shape index (κ3) is 3.36. The number of methoxy groups -OCH3 is 1. The summed E-state index contributed by atoms with van der Waals surface area (Å²) >= 11 is 3.23. The molecule has 1 aromatic rings. The van der Waals surface area contributed by atoms with Crippen molar-refractivity contribution in [1.82, 2.24) is 0 Å². The molecule has 0 saturated heterocycles. The molecule has 0 radical (unpaired) electrons. The predicted octanol–water partition coefficient (Wildman–Crippen LogP) is 0.970. The molecule has 0 unspecified atom stereocenters. The number of ether oxygens (including phenoxy) is 1. The molecular formula is C10H13BrN2O4S. The quantitative estimate of drug-likeness (QED) is 0.653. The lowest BCUT2D eigenvalue weighted by molar-refractivity contribution is -0.137. The molecule has 100 valence electrons. The molecule has 18 heavy (non-hydrogen) atoms. The number of carbonyl (C=O) groups is 1. The van der Waals surface area contributed by atoms with Crippen LogP contribution in [0.1, 0.15) is 0 Å². The lowest BCUT2D eigenvalue weighted by atomic mass is 10.3. The van der Waals surface area contributed by atoms with Gasteiger partial charge >= 0.3 is 5.97 Å². The molecule has 0 aliphatic rings. The van der Waals surface area contributed by atoms with E-state index in [0.717, 1.165) is 15.9 Å². The highest BCUT2D eigenvalue weighted by Gasteiger charge is 2.24. The first-order chi connectivity index (χ1) is 8.27. The van der Waals surface area contributed by atoms with E-state index in [2.05, 4.69) is 20.7 Å². The number of esters is 1. The van der Waals surface area contributed by atoms with E-state index in [1.54, 1.807) is 18.2 Å². The second kappa shape index (κ2) is 5.57. The van der Waals surface area contributed by atoms with Gasteiger partial charge in [0.1, 0.15) is 0 Å². The number of benzene rings is 1. The molecular weight excluding hydrogens is 324 g/mol. The van der Waals surface area contributed by atoms with E-state index in [1.807, 2.05) is 0 Å². The lowest BCUT2D eigenvalue weighted by Gasteiger charge is -2.20. The SMILES string of the molecule is COC(=O)CS(=O)(=O)N(C)c1ccc(Br)cc1N. The van der Waals surface area contributed by atoms with Crippen LogP contribution in [0.4, 0.5) is 11.4 Å². The maximum absolute atomic E-state index is 11.9. The summed E-state index contributed by atoms with van der Waals surface area (Å²) in [6.07, 6.45) is 0. The van der Waals surface area contributed by atoms with Gasteiger partial charge in [-0.05, 0) is 18.2 Å². The Hall–Kier alpha value is -1.28. The summed E-state index contributed by atoms with van der Waals surface area (Å²) in [4.78, 5) is 11.0. The monoisotopic (exact) mass is 336 g/mol. The number of rotatable bonds is 4. The molecule has 0 amide bonds. The Bertz CT molecular complexity index is 559. The van der Waals surface area contributed by atoms with Crippen molar-refractivity contribution in [3.63, 3.8) is 0 Å². The van der Waals surface area contributed by atoms with Crippen LogP contribution in [0.15, 0.2) is 22.7 Å². The molecule has 1 aromatic carbocycles. The second-order valence-corrected chi connectivity index (χ2v) is 6.42. The maximum Gasteiger partial charge on any atom is 0.322 e. The number of hydrogen-bond acceptors (Lipinski definition) is 5. The number of nitrogens with zero attached hydrogens (tertiary/aromatic N) is 1. The first kappa shape index (κ1) is 14.8. The number of nitrogen functional groups attached to an aromatic ring is 1. The van der Waals surface area contributed by atoms with Crippen LogP contribution in [-0.4, -0.2) is 34.3 Å². The van der Waals surface area contributed by atoms with Crippen molar-refractivity contribution >= 4 is 43.3 Å². The summed E-state index contributed by atoms with van der Waals surface area (Å²) < 4.78 is 29.8. The zero-order valence-corrected chi connectivity index (χ0v) is 12.3. The zero-order chi connectivity index (χ0) is 13.9. The fourth-order valence-electron chi connectivity index (χ4n) is 1.27. The molecule has 0 aromatic heterocycles. The minimum absolute atomic E-state index is 0.292. The van der Waals surface area contributed by atoms with Gasteiger partial charge in [0.15, 0.2) is 5.75 Å². The number of sulfonamides is 1. The normalized spacial score (nSPS) is 11.1. The van der Waals surface area contributed by atoms with Crippen LogP contribution in [0.2, 0.25) is 0 Å². The Labute approximate surface area is 114 Å². The van der Waals surface area contributed by atoms with Crippen molar-refractivity contribution in [3.8, 4) is 0 Å². The molecule has 0 saturated carbocycles. The van der Waals surface area contributed by atoms with Crippen LogP contribution in [0.3, 0.4) is 0 Å². The lowest BCUT2D eigenvalue weighted by Crippen LogP contribution is -2.33. The van der Waals surface area contributed by atoms with Crippen LogP contribution < -0.4 is 10.0 Å². The molecule has 0 aliphatic carbocycles. The standard InChI is InChI=1S/C10H13BrN2O4S/c1-13(18(15,16)6-10(14)17-2)9-4-3-7(11)5-8(9)12/h3-5H,6,12H2,1-2H3. The van der Waals surface area contributed by atoms with Gasteiger partial charge in [-0.1, -0.05) is 15.9 Å². The van der Waals surface area contributed by atoms with Crippen LogP contribution in [0, 0.1) is 0 Å². The van der Waals surface area contributed by atoms with E-state index in [-0.39, 0.29) is 0 Å². The number of hydrogen-bond donors (Lipinski definition) is 1. The first-order valence-corrected chi connectivity index (χ1v) is 7.26. The largest absolute Gasteiger partial charge is 0.468 e. The molecule has 1 rings (SSSR count). The van der Waals surface area contributed by atoms with Gasteiger partial charge in [0.05, 0.1) is 18.5 Å². The fourth-order valence-corrected chi connectivity index (χ4v) is 2.72. The molecule has 6 nitrogen and oxygen atoms in total. The molecule has 0 aliphatic heterocycles. The third-order valence-corrected chi connectivity index (χ3v) is 4.40. The summed E-state index contributed by atoms with van der Waals surface area (Å²) in [5.74, 6) is -1.55. The van der Waals surface area contributed by atoms with Crippen LogP contribution in [0.25, 0.3) is 0 Å². The number of anilines is 2. The second-order valence-electron chi connectivity index (χ2n) is 3.50. The van der Waals surface area contributed by atoms with Crippen molar-refractivity contribution < 1.29 is 17.9 Å². The highest BCUT2D eigenvalue weighted by molar-refractivity contribution is 9.10. The summed E-state index contributed by atoms with van der Waals surface area (Å²) in [6, 6.07) is 4.80. The topological polar surface area (TPSA) is 89.7 Å². The Balaban J connectivity index is 3.06. The number of nitrogens with two attached hydrogens (primary N) is 1. The van der Waals surface area contributed by atoms with E-state index < -0.39 is 21.7 Å². The minimum atomic E-state index is -3.80. The summed E-state index contributed by atoms with van der Waals surface area (Å²) in [5, 5.41) is 0. The highest BCUT2D eigenvalue weighted by Crippen LogP contribution is 2.27. The van der Waals surface area contributed by atoms with Gasteiger partial charge < -0.3 is 10.5 Å². The maximum atomic E-state index is 11.9. The molecule has 0 atom stereocenters. The van der Waals surface area contributed by atoms with Crippen LogP contribution in [0.5, 0.6) is 0 Å². The average molecular weight is 337 g/mol. The van der Waals surface area contributed by atoms with Gasteiger partial charge in [0.2, 0.25) is 10.0 Å². The molecule has 0 heterocycles. The van der Waals surface area contributed by atoms with Gasteiger partial charge in [0.25, 0.3) is 0 Å². The van der Waals surface area contributed by atoms with Crippen molar-refractivity contribution in [2.45, 2.75) is 0 Å². The Morgan fingerprint density at radius 2 is 2.11 bits per heavy atom. The molecule has 0 fully saturated rings. The number of halogens is 1. The van der Waals surface area contributed by atoms with Crippen LogP contribution in [-0.2, 0) is 19.6 Å². The highest BCUT2D eigenvalue weighted by atomic mass is 79.9. The van der Waals surface area contributed by atoms with Gasteiger partial charge in [-0.3, -0.25) is 9.10 Å². The van der Waals surface area contributed by atoms with Gasteiger partial charge in [-0.15, -0.1) is 0 Å². The predicted molar refractivity (Wildman–Crippen MR) is 72.8 cm³/mol. The van der Waals surface area contributed by atoms with Gasteiger partial charge in [-0.2, -0.15) is 0 Å². The smallest absolute Gasteiger partial charge is 0.322 e.